The third-order valence-corrected chi connectivity index (χ3v) is 2.56. The number of hydrogen-bond donors (Lipinski definition) is 2. The summed E-state index contributed by atoms with van der Waals surface area (Å²) in [4.78, 5) is 45.6. The van der Waals surface area contributed by atoms with Gasteiger partial charge in [-0.25, -0.2) is 20.2 Å². The monoisotopic (exact) mass is 276 g/mol. The molecule has 2 atom stereocenters. The Labute approximate surface area is 106 Å². The van der Waals surface area contributed by atoms with Gasteiger partial charge in [0.2, 0.25) is 24.1 Å². The molecule has 1 rings (SSSR count). The van der Waals surface area contributed by atoms with Crippen molar-refractivity contribution in [3.63, 3.8) is 0 Å². The zero-order chi connectivity index (χ0) is 14.7. The maximum absolute atomic E-state index is 11.4. The smallest absolute Gasteiger partial charge is 0.222 e. The number of rotatable bonds is 4. The zero-order valence-corrected chi connectivity index (χ0v) is 10.1. The highest BCUT2D eigenvalue weighted by atomic mass is 16.7. The number of amides is 2. The Kier molecular flexibility index (Phi) is 4.04. The van der Waals surface area contributed by atoms with Crippen LogP contribution in [-0.4, -0.2) is 50.7 Å². The van der Waals surface area contributed by atoms with E-state index in [0.717, 1.165) is 23.6 Å². The number of nitrogens with zero attached hydrogens (tertiary/aromatic N) is 4. The lowest BCUT2D eigenvalue weighted by molar-refractivity contribution is -0.573. The number of carbonyl (C=O) groups is 2. The highest BCUT2D eigenvalue weighted by Gasteiger charge is 2.47. The predicted molar refractivity (Wildman–Crippen MR) is 57.7 cm³/mol. The van der Waals surface area contributed by atoms with Gasteiger partial charge in [0.25, 0.3) is 0 Å². The Balaban J connectivity index is 3.06. The molecule has 12 heteroatoms. The van der Waals surface area contributed by atoms with Crippen LogP contribution in [0, 0.1) is 20.2 Å². The van der Waals surface area contributed by atoms with E-state index in [0.29, 0.717) is 0 Å². The molecule has 0 aromatic rings. The molecule has 2 amide bonds. The fourth-order valence-corrected chi connectivity index (χ4v) is 1.77. The minimum absolute atomic E-state index is 0.276. The first-order valence-corrected chi connectivity index (χ1v) is 5.09. The molecule has 0 radical (unpaired) electrons. The van der Waals surface area contributed by atoms with Crippen LogP contribution in [0.4, 0.5) is 0 Å². The molecule has 2 N–H and O–H groups in total. The largest absolute Gasteiger partial charge is 0.296 e. The lowest BCUT2D eigenvalue weighted by Gasteiger charge is -2.21. The van der Waals surface area contributed by atoms with Gasteiger partial charge in [0.1, 0.15) is 6.67 Å². The van der Waals surface area contributed by atoms with Gasteiger partial charge in [-0.3, -0.25) is 19.4 Å². The summed E-state index contributed by atoms with van der Waals surface area (Å²) >= 11 is 0. The Hall–Kier alpha value is -2.66. The normalized spacial score (nSPS) is 22.0. The van der Waals surface area contributed by atoms with Crippen LogP contribution in [-0.2, 0) is 9.59 Å². The Morgan fingerprint density at radius 2 is 1.32 bits per heavy atom. The molecular formula is C7H12N6O6. The van der Waals surface area contributed by atoms with Crippen LogP contribution in [0.1, 0.15) is 13.8 Å². The maximum Gasteiger partial charge on any atom is 0.222 e. The van der Waals surface area contributed by atoms with Gasteiger partial charge < -0.3 is 0 Å². The second kappa shape index (κ2) is 5.32. The number of nitro groups is 2. The molecule has 0 aromatic heterocycles. The summed E-state index contributed by atoms with van der Waals surface area (Å²) in [5, 5.41) is 19.1. The molecule has 0 spiro atoms. The topological polar surface area (TPSA) is 151 Å². The first-order chi connectivity index (χ1) is 8.73. The molecular weight excluding hydrogens is 264 g/mol. The fraction of sp³-hybridized carbons (Fsp3) is 0.714. The highest BCUT2D eigenvalue weighted by molar-refractivity contribution is 5.78. The molecule has 0 aliphatic carbocycles. The van der Waals surface area contributed by atoms with Crippen LogP contribution < -0.4 is 10.9 Å². The standard InChI is InChI=1S/C7H12N6O6/c1-4(14)10-3-11(5(2)15)7(9-13(18)19)6(10)8-12(16)17/h6-9H,3H2,1-2H3/t6-,7-/m0/s1. The average Bonchev–Trinajstić information content (AvgIpc) is 2.56. The van der Waals surface area contributed by atoms with E-state index in [4.69, 9.17) is 0 Å². The number of hydrazine groups is 2. The summed E-state index contributed by atoms with van der Waals surface area (Å²) < 4.78 is 0. The molecule has 0 bridgehead atoms. The van der Waals surface area contributed by atoms with Crippen LogP contribution in [0.5, 0.6) is 0 Å². The van der Waals surface area contributed by atoms with Crippen molar-refractivity contribution in [2.75, 3.05) is 6.67 Å². The molecule has 1 heterocycles. The third kappa shape index (κ3) is 3.17. The van der Waals surface area contributed by atoms with Gasteiger partial charge in [-0.1, -0.05) is 0 Å². The van der Waals surface area contributed by atoms with Gasteiger partial charge in [0.15, 0.2) is 10.1 Å². The van der Waals surface area contributed by atoms with Gasteiger partial charge in [0, 0.05) is 13.8 Å². The predicted octanol–water partition coefficient (Wildman–Crippen LogP) is -2.13. The first-order valence-electron chi connectivity index (χ1n) is 5.09. The van der Waals surface area contributed by atoms with Crippen molar-refractivity contribution in [3.8, 4) is 0 Å². The van der Waals surface area contributed by atoms with Crippen LogP contribution >= 0.6 is 0 Å². The Morgan fingerprint density at radius 1 is 1.00 bits per heavy atom. The van der Waals surface area contributed by atoms with E-state index in [-0.39, 0.29) is 6.67 Å². The highest BCUT2D eigenvalue weighted by Crippen LogP contribution is 2.17. The van der Waals surface area contributed by atoms with E-state index in [9.17, 15) is 29.8 Å². The second-order valence-electron chi connectivity index (χ2n) is 3.78. The molecule has 19 heavy (non-hydrogen) atoms. The molecule has 1 aliphatic rings. The summed E-state index contributed by atoms with van der Waals surface area (Å²) in [6.45, 7) is 2.00. The minimum Gasteiger partial charge on any atom is -0.296 e. The van der Waals surface area contributed by atoms with Crippen LogP contribution in [0.15, 0.2) is 0 Å². The number of carbonyl (C=O) groups excluding carboxylic acids is 2. The van der Waals surface area contributed by atoms with Crippen LogP contribution in [0.25, 0.3) is 0 Å². The molecule has 1 saturated heterocycles. The zero-order valence-electron chi connectivity index (χ0n) is 10.1. The van der Waals surface area contributed by atoms with Crippen molar-refractivity contribution >= 4 is 11.8 Å². The summed E-state index contributed by atoms with van der Waals surface area (Å²) in [5.74, 6) is -1.11. The lowest BCUT2D eigenvalue weighted by atomic mass is 10.3. The van der Waals surface area contributed by atoms with E-state index in [1.54, 1.807) is 10.9 Å². The number of nitrogens with one attached hydrogen (secondary N) is 2. The average molecular weight is 276 g/mol. The van der Waals surface area contributed by atoms with Gasteiger partial charge in [-0.15, -0.1) is 10.9 Å². The van der Waals surface area contributed by atoms with Gasteiger partial charge >= 0.3 is 0 Å². The number of hydrogen-bond acceptors (Lipinski definition) is 6. The van der Waals surface area contributed by atoms with Crippen molar-refractivity contribution in [3.05, 3.63) is 20.2 Å². The van der Waals surface area contributed by atoms with Crippen molar-refractivity contribution in [2.45, 2.75) is 26.2 Å². The lowest BCUT2D eigenvalue weighted by Crippen LogP contribution is -2.58. The van der Waals surface area contributed by atoms with E-state index in [1.165, 1.54) is 0 Å². The quantitative estimate of drug-likeness (QED) is 0.436. The van der Waals surface area contributed by atoms with Crippen LogP contribution in [0.2, 0.25) is 0 Å². The Bertz CT molecular complexity index is 388. The van der Waals surface area contributed by atoms with Gasteiger partial charge in [0.05, 0.1) is 0 Å². The maximum atomic E-state index is 11.4. The van der Waals surface area contributed by atoms with E-state index >= 15 is 0 Å². The van der Waals surface area contributed by atoms with Crippen molar-refractivity contribution in [1.82, 2.24) is 20.7 Å². The summed E-state index contributed by atoms with van der Waals surface area (Å²) in [5.41, 5.74) is 3.56. The third-order valence-electron chi connectivity index (χ3n) is 2.56. The van der Waals surface area contributed by atoms with Crippen molar-refractivity contribution in [2.24, 2.45) is 0 Å². The SMILES string of the molecule is CC(=O)N1CN(C(C)=O)[C@H](N[N+](=O)[O-])[C@H]1N[N+](=O)[O-]. The molecule has 0 aromatic carbocycles. The van der Waals surface area contributed by atoms with Gasteiger partial charge in [-0.2, -0.15) is 0 Å². The summed E-state index contributed by atoms with van der Waals surface area (Å²) in [6.07, 6.45) is -2.66. The Morgan fingerprint density at radius 3 is 1.53 bits per heavy atom. The molecule has 0 saturated carbocycles. The molecule has 0 unspecified atom stereocenters. The minimum atomic E-state index is -1.33. The molecule has 106 valence electrons. The molecule has 1 fully saturated rings. The van der Waals surface area contributed by atoms with Crippen molar-refractivity contribution < 1.29 is 19.7 Å². The van der Waals surface area contributed by atoms with E-state index < -0.39 is 34.2 Å². The fourth-order valence-electron chi connectivity index (χ4n) is 1.77. The summed E-state index contributed by atoms with van der Waals surface area (Å²) in [7, 11) is 0. The van der Waals surface area contributed by atoms with E-state index in [2.05, 4.69) is 0 Å². The first kappa shape index (κ1) is 14.4. The summed E-state index contributed by atoms with van der Waals surface area (Å²) in [6, 6.07) is 0. The van der Waals surface area contributed by atoms with Gasteiger partial charge in [-0.05, 0) is 0 Å². The molecule has 1 aliphatic heterocycles. The second-order valence-corrected chi connectivity index (χ2v) is 3.78. The van der Waals surface area contributed by atoms with E-state index in [1.807, 2.05) is 0 Å². The van der Waals surface area contributed by atoms with Crippen LogP contribution in [0.3, 0.4) is 0 Å². The molecule has 12 nitrogen and oxygen atoms in total. The van der Waals surface area contributed by atoms with Crippen molar-refractivity contribution in [1.29, 1.82) is 0 Å².